The van der Waals surface area contributed by atoms with Crippen LogP contribution < -0.4 is 10.2 Å². The topological polar surface area (TPSA) is 72.9 Å². The molecule has 7 heteroatoms. The van der Waals surface area contributed by atoms with E-state index in [9.17, 15) is 14.0 Å². The number of amides is 2. The monoisotopic (exact) mass is 335 g/mol. The molecule has 2 heterocycles. The van der Waals surface area contributed by atoms with Gasteiger partial charge in [-0.3, -0.25) is 4.79 Å². The van der Waals surface area contributed by atoms with E-state index in [2.05, 4.69) is 10.2 Å². The average Bonchev–Trinajstić information content (AvgIpc) is 3.05. The summed E-state index contributed by atoms with van der Waals surface area (Å²) in [5.41, 5.74) is 0.820. The summed E-state index contributed by atoms with van der Waals surface area (Å²) < 4.78 is 13.4. The Morgan fingerprint density at radius 2 is 2.04 bits per heavy atom. The van der Waals surface area contributed by atoms with Crippen molar-refractivity contribution in [3.05, 3.63) is 30.1 Å². The molecule has 0 aliphatic carbocycles. The highest BCUT2D eigenvalue weighted by atomic mass is 19.1. The zero-order valence-electron chi connectivity index (χ0n) is 13.4. The number of likely N-dealkylation sites (tertiary alicyclic amines) is 1. The normalized spacial score (nSPS) is 24.0. The molecule has 0 aromatic heterocycles. The third kappa shape index (κ3) is 3.77. The lowest BCUT2D eigenvalue weighted by molar-refractivity contribution is -0.141. The average molecular weight is 335 g/mol. The maximum absolute atomic E-state index is 13.4. The van der Waals surface area contributed by atoms with Crippen LogP contribution >= 0.6 is 0 Å². The third-order valence-electron chi connectivity index (χ3n) is 4.75. The van der Waals surface area contributed by atoms with Gasteiger partial charge in [-0.05, 0) is 37.5 Å². The number of benzene rings is 1. The fraction of sp³-hybridized carbons (Fsp3) is 0.529. The fourth-order valence-corrected chi connectivity index (χ4v) is 3.41. The molecule has 3 rings (SSSR count). The van der Waals surface area contributed by atoms with E-state index >= 15 is 0 Å². The van der Waals surface area contributed by atoms with Crippen molar-refractivity contribution < 1.29 is 19.1 Å². The minimum Gasteiger partial charge on any atom is -0.481 e. The molecular weight excluding hydrogens is 313 g/mol. The van der Waals surface area contributed by atoms with Crippen LogP contribution in [0.3, 0.4) is 0 Å². The molecule has 2 unspecified atom stereocenters. The predicted molar refractivity (Wildman–Crippen MR) is 87.5 cm³/mol. The minimum atomic E-state index is -0.847. The molecule has 2 saturated heterocycles. The van der Waals surface area contributed by atoms with Crippen LogP contribution in [0.4, 0.5) is 14.9 Å². The summed E-state index contributed by atoms with van der Waals surface area (Å²) in [5, 5.41) is 12.0. The molecule has 2 N–H and O–H groups in total. The molecule has 2 aliphatic rings. The van der Waals surface area contributed by atoms with Crippen molar-refractivity contribution in [2.24, 2.45) is 5.92 Å². The number of hydrogen-bond donors (Lipinski definition) is 2. The lowest BCUT2D eigenvalue weighted by Gasteiger charge is -2.35. The van der Waals surface area contributed by atoms with Gasteiger partial charge in [-0.25, -0.2) is 9.18 Å². The van der Waals surface area contributed by atoms with Crippen molar-refractivity contribution >= 4 is 17.7 Å². The highest BCUT2D eigenvalue weighted by molar-refractivity contribution is 5.77. The predicted octanol–water partition coefficient (Wildman–Crippen LogP) is 1.91. The summed E-state index contributed by atoms with van der Waals surface area (Å²) in [4.78, 5) is 27.0. The van der Waals surface area contributed by atoms with E-state index in [0.717, 1.165) is 25.1 Å². The molecule has 2 atom stereocenters. The van der Waals surface area contributed by atoms with Gasteiger partial charge in [0, 0.05) is 37.9 Å². The number of carbonyl (C=O) groups excluding carboxylic acids is 1. The zero-order valence-corrected chi connectivity index (χ0v) is 13.4. The second-order valence-electron chi connectivity index (χ2n) is 6.48. The van der Waals surface area contributed by atoms with Crippen molar-refractivity contribution in [1.29, 1.82) is 0 Å². The lowest BCUT2D eigenvalue weighted by Crippen LogP contribution is -2.51. The number of hydrogen-bond acceptors (Lipinski definition) is 3. The van der Waals surface area contributed by atoms with E-state index in [1.54, 1.807) is 11.0 Å². The van der Waals surface area contributed by atoms with Gasteiger partial charge in [-0.1, -0.05) is 6.07 Å². The van der Waals surface area contributed by atoms with Gasteiger partial charge in [-0.2, -0.15) is 0 Å². The molecule has 0 spiro atoms. The van der Waals surface area contributed by atoms with Gasteiger partial charge < -0.3 is 20.2 Å². The summed E-state index contributed by atoms with van der Waals surface area (Å²) in [6, 6.07) is 6.25. The third-order valence-corrected chi connectivity index (χ3v) is 4.75. The van der Waals surface area contributed by atoms with Crippen LogP contribution in [-0.4, -0.2) is 54.2 Å². The Balaban J connectivity index is 1.56. The maximum Gasteiger partial charge on any atom is 0.317 e. The maximum atomic E-state index is 13.4. The Morgan fingerprint density at radius 3 is 2.75 bits per heavy atom. The van der Waals surface area contributed by atoms with Crippen molar-refractivity contribution in [2.75, 3.05) is 31.1 Å². The number of carboxylic acid groups (broad SMARTS) is 1. The molecule has 0 radical (unpaired) electrons. The largest absolute Gasteiger partial charge is 0.481 e. The highest BCUT2D eigenvalue weighted by Gasteiger charge is 2.32. The number of rotatable bonds is 3. The molecule has 6 nitrogen and oxygen atoms in total. The first-order chi connectivity index (χ1) is 11.5. The van der Waals surface area contributed by atoms with Gasteiger partial charge in [-0.15, -0.1) is 0 Å². The second-order valence-corrected chi connectivity index (χ2v) is 6.48. The summed E-state index contributed by atoms with van der Waals surface area (Å²) in [7, 11) is 0. The van der Waals surface area contributed by atoms with E-state index in [-0.39, 0.29) is 24.4 Å². The zero-order chi connectivity index (χ0) is 17.1. The van der Waals surface area contributed by atoms with Gasteiger partial charge >= 0.3 is 12.0 Å². The van der Waals surface area contributed by atoms with Crippen LogP contribution in [0.2, 0.25) is 0 Å². The van der Waals surface area contributed by atoms with Gasteiger partial charge in [0.1, 0.15) is 5.82 Å². The first-order valence-corrected chi connectivity index (χ1v) is 8.31. The Kier molecular flexibility index (Phi) is 4.87. The smallest absolute Gasteiger partial charge is 0.317 e. The van der Waals surface area contributed by atoms with Crippen molar-refractivity contribution in [3.63, 3.8) is 0 Å². The van der Waals surface area contributed by atoms with Gasteiger partial charge in [0.15, 0.2) is 0 Å². The summed E-state index contributed by atoms with van der Waals surface area (Å²) in [5.74, 6) is -1.58. The fourth-order valence-electron chi connectivity index (χ4n) is 3.41. The molecule has 0 bridgehead atoms. The molecule has 2 aliphatic heterocycles. The van der Waals surface area contributed by atoms with Crippen LogP contribution in [0.1, 0.15) is 19.3 Å². The molecule has 2 fully saturated rings. The minimum absolute atomic E-state index is 0.0154. The van der Waals surface area contributed by atoms with E-state index in [0.29, 0.717) is 19.5 Å². The Labute approximate surface area is 140 Å². The first-order valence-electron chi connectivity index (χ1n) is 8.31. The molecule has 1 aromatic rings. The molecule has 24 heavy (non-hydrogen) atoms. The van der Waals surface area contributed by atoms with Crippen LogP contribution in [0, 0.1) is 11.7 Å². The number of piperidine rings is 1. The molecule has 1 aromatic carbocycles. The molecule has 130 valence electrons. The number of carbonyl (C=O) groups is 2. The van der Waals surface area contributed by atoms with Crippen LogP contribution in [-0.2, 0) is 4.79 Å². The van der Waals surface area contributed by atoms with Crippen LogP contribution in [0.15, 0.2) is 24.3 Å². The number of anilines is 1. The Morgan fingerprint density at radius 1 is 1.21 bits per heavy atom. The van der Waals surface area contributed by atoms with Crippen LogP contribution in [0.5, 0.6) is 0 Å². The number of nitrogens with zero attached hydrogens (tertiary/aromatic N) is 2. The number of halogens is 1. The van der Waals surface area contributed by atoms with E-state index in [4.69, 9.17) is 5.11 Å². The number of carboxylic acids is 1. The van der Waals surface area contributed by atoms with Crippen molar-refractivity contribution in [2.45, 2.75) is 25.3 Å². The van der Waals surface area contributed by atoms with Gasteiger partial charge in [0.2, 0.25) is 0 Å². The lowest BCUT2D eigenvalue weighted by atomic mass is 10.0. The number of aliphatic carboxylic acids is 1. The first kappa shape index (κ1) is 16.5. The SMILES string of the molecule is O=C(O)C1CCN(C(=O)NC2CCCN(c3cccc(F)c3)C2)C1. The molecule has 0 saturated carbocycles. The summed E-state index contributed by atoms with van der Waals surface area (Å²) >= 11 is 0. The number of nitrogens with one attached hydrogen (secondary N) is 1. The van der Waals surface area contributed by atoms with Crippen molar-refractivity contribution in [3.8, 4) is 0 Å². The van der Waals surface area contributed by atoms with E-state index < -0.39 is 11.9 Å². The Bertz CT molecular complexity index is 625. The van der Waals surface area contributed by atoms with Gasteiger partial charge in [0.25, 0.3) is 0 Å². The van der Waals surface area contributed by atoms with Crippen molar-refractivity contribution in [1.82, 2.24) is 10.2 Å². The summed E-state index contributed by atoms with van der Waals surface area (Å²) in [6.45, 7) is 2.21. The highest BCUT2D eigenvalue weighted by Crippen LogP contribution is 2.21. The molecular formula is C17H22FN3O3. The van der Waals surface area contributed by atoms with E-state index in [1.807, 2.05) is 6.07 Å². The summed E-state index contributed by atoms with van der Waals surface area (Å²) in [6.07, 6.45) is 2.29. The molecule has 2 amide bonds. The quantitative estimate of drug-likeness (QED) is 0.885. The standard InChI is InChI=1S/C17H22FN3O3/c18-13-3-1-5-15(9-13)20-7-2-4-14(11-20)19-17(24)21-8-6-12(10-21)16(22)23/h1,3,5,9,12,14H,2,4,6-8,10-11H2,(H,19,24)(H,22,23). The Hall–Kier alpha value is -2.31. The van der Waals surface area contributed by atoms with Gasteiger partial charge in [0.05, 0.1) is 5.92 Å². The second kappa shape index (κ2) is 7.07. The van der Waals surface area contributed by atoms with Crippen LogP contribution in [0.25, 0.3) is 0 Å². The number of urea groups is 1. The van der Waals surface area contributed by atoms with E-state index in [1.165, 1.54) is 12.1 Å².